The molecule has 1 aromatic rings. The van der Waals surface area contributed by atoms with Crippen LogP contribution in [-0.2, 0) is 11.2 Å². The van der Waals surface area contributed by atoms with E-state index in [0.29, 0.717) is 0 Å². The van der Waals surface area contributed by atoms with Crippen molar-refractivity contribution in [2.24, 2.45) is 0 Å². The maximum atomic E-state index is 10.9. The first-order chi connectivity index (χ1) is 6.72. The fourth-order valence-corrected chi connectivity index (χ4v) is 2.02. The van der Waals surface area contributed by atoms with Crippen LogP contribution in [0, 0.1) is 0 Å². The van der Waals surface area contributed by atoms with Crippen LogP contribution in [0.4, 0.5) is 0 Å². The number of fused-ring (bicyclic) bond motifs is 1. The van der Waals surface area contributed by atoms with Crippen LogP contribution in [0.1, 0.15) is 29.0 Å². The van der Waals surface area contributed by atoms with E-state index >= 15 is 0 Å². The molecule has 2 rings (SSSR count). The van der Waals surface area contributed by atoms with Gasteiger partial charge in [0.1, 0.15) is 0 Å². The third kappa shape index (κ3) is 1.33. The van der Waals surface area contributed by atoms with E-state index < -0.39 is 5.97 Å². The summed E-state index contributed by atoms with van der Waals surface area (Å²) in [6, 6.07) is 5.87. The summed E-state index contributed by atoms with van der Waals surface area (Å²) in [6.45, 7) is 3.69. The third-order valence-corrected chi connectivity index (χ3v) is 2.78. The Hall–Kier alpha value is -1.57. The number of hydrogen-bond donors (Lipinski definition) is 1. The first-order valence-electron chi connectivity index (χ1n) is 4.70. The molecule has 0 heterocycles. The maximum absolute atomic E-state index is 10.9. The molecule has 0 bridgehead atoms. The first-order valence-corrected chi connectivity index (χ1v) is 4.70. The quantitative estimate of drug-likeness (QED) is 0.774. The highest BCUT2D eigenvalue weighted by Gasteiger charge is 2.27. The van der Waals surface area contributed by atoms with Gasteiger partial charge < -0.3 is 5.11 Å². The summed E-state index contributed by atoms with van der Waals surface area (Å²) in [6.07, 6.45) is 3.38. The van der Waals surface area contributed by atoms with Crippen LogP contribution >= 0.6 is 0 Å². The highest BCUT2D eigenvalue weighted by molar-refractivity contribution is 5.78. The molecule has 0 aromatic heterocycles. The van der Waals surface area contributed by atoms with E-state index in [-0.39, 0.29) is 5.92 Å². The van der Waals surface area contributed by atoms with Gasteiger partial charge >= 0.3 is 5.97 Å². The Morgan fingerprint density at radius 2 is 2.36 bits per heavy atom. The van der Waals surface area contributed by atoms with Crippen molar-refractivity contribution >= 4 is 12.0 Å². The number of rotatable bonds is 2. The molecule has 2 heteroatoms. The van der Waals surface area contributed by atoms with Crippen LogP contribution < -0.4 is 0 Å². The van der Waals surface area contributed by atoms with Gasteiger partial charge in [0.05, 0.1) is 5.92 Å². The van der Waals surface area contributed by atoms with E-state index in [4.69, 9.17) is 5.11 Å². The van der Waals surface area contributed by atoms with Crippen molar-refractivity contribution in [1.29, 1.82) is 0 Å². The van der Waals surface area contributed by atoms with Gasteiger partial charge in [0.2, 0.25) is 0 Å². The van der Waals surface area contributed by atoms with Crippen LogP contribution in [0.15, 0.2) is 24.8 Å². The number of hydrogen-bond acceptors (Lipinski definition) is 1. The highest BCUT2D eigenvalue weighted by atomic mass is 16.4. The SMILES string of the molecule is C=Cc1ccc2c(c1)CCC2C(=O)O. The predicted octanol–water partition coefficient (Wildman–Crippen LogP) is 2.44. The second-order valence-corrected chi connectivity index (χ2v) is 3.59. The molecule has 72 valence electrons. The Labute approximate surface area is 82.9 Å². The molecular formula is C12H12O2. The molecule has 0 saturated heterocycles. The average Bonchev–Trinajstić information content (AvgIpc) is 2.59. The molecule has 2 nitrogen and oxygen atoms in total. The molecular weight excluding hydrogens is 176 g/mol. The number of benzene rings is 1. The van der Waals surface area contributed by atoms with E-state index in [0.717, 1.165) is 29.5 Å². The fraction of sp³-hybridized carbons (Fsp3) is 0.250. The second-order valence-electron chi connectivity index (χ2n) is 3.59. The summed E-state index contributed by atoms with van der Waals surface area (Å²) in [5, 5.41) is 8.97. The standard InChI is InChI=1S/C12H12O2/c1-2-8-3-5-10-9(7-8)4-6-11(10)12(13)14/h2-3,5,7,11H,1,4,6H2,(H,13,14). The molecule has 0 fully saturated rings. The molecule has 14 heavy (non-hydrogen) atoms. The van der Waals surface area contributed by atoms with Crippen molar-refractivity contribution < 1.29 is 9.90 Å². The van der Waals surface area contributed by atoms with Crippen LogP contribution in [0.2, 0.25) is 0 Å². The molecule has 1 aliphatic rings. The average molecular weight is 188 g/mol. The van der Waals surface area contributed by atoms with Gasteiger partial charge in [-0.3, -0.25) is 4.79 Å². The molecule has 1 aliphatic carbocycles. The molecule has 1 N–H and O–H groups in total. The van der Waals surface area contributed by atoms with Crippen molar-refractivity contribution in [1.82, 2.24) is 0 Å². The van der Waals surface area contributed by atoms with Crippen LogP contribution in [0.25, 0.3) is 6.08 Å². The largest absolute Gasteiger partial charge is 0.481 e. The number of aliphatic carboxylic acids is 1. The minimum Gasteiger partial charge on any atom is -0.481 e. The van der Waals surface area contributed by atoms with Crippen molar-refractivity contribution in [3.8, 4) is 0 Å². The Kier molecular flexibility index (Phi) is 2.12. The van der Waals surface area contributed by atoms with Crippen molar-refractivity contribution in [2.45, 2.75) is 18.8 Å². The summed E-state index contributed by atoms with van der Waals surface area (Å²) >= 11 is 0. The third-order valence-electron chi connectivity index (χ3n) is 2.78. The Bertz CT molecular complexity index is 393. The topological polar surface area (TPSA) is 37.3 Å². The van der Waals surface area contributed by atoms with E-state index in [1.807, 2.05) is 18.2 Å². The van der Waals surface area contributed by atoms with Crippen molar-refractivity contribution in [3.63, 3.8) is 0 Å². The zero-order valence-corrected chi connectivity index (χ0v) is 7.86. The monoisotopic (exact) mass is 188 g/mol. The number of carboxylic acids is 1. The van der Waals surface area contributed by atoms with Gasteiger partial charge in [-0.1, -0.05) is 30.9 Å². The Morgan fingerprint density at radius 1 is 1.57 bits per heavy atom. The summed E-state index contributed by atoms with van der Waals surface area (Å²) < 4.78 is 0. The minimum absolute atomic E-state index is 0.302. The number of carbonyl (C=O) groups is 1. The molecule has 1 aromatic carbocycles. The molecule has 0 aliphatic heterocycles. The minimum atomic E-state index is -0.713. The molecule has 0 radical (unpaired) electrons. The van der Waals surface area contributed by atoms with Crippen LogP contribution in [0.5, 0.6) is 0 Å². The first kappa shape index (κ1) is 9.00. The maximum Gasteiger partial charge on any atom is 0.310 e. The van der Waals surface area contributed by atoms with Crippen LogP contribution in [-0.4, -0.2) is 11.1 Å². The zero-order valence-electron chi connectivity index (χ0n) is 7.86. The number of aryl methyl sites for hydroxylation is 1. The van der Waals surface area contributed by atoms with Gasteiger partial charge in [-0.25, -0.2) is 0 Å². The van der Waals surface area contributed by atoms with E-state index in [2.05, 4.69) is 6.58 Å². The van der Waals surface area contributed by atoms with Crippen molar-refractivity contribution in [3.05, 3.63) is 41.5 Å². The molecule has 0 spiro atoms. The van der Waals surface area contributed by atoms with Gasteiger partial charge in [0.15, 0.2) is 0 Å². The van der Waals surface area contributed by atoms with Gasteiger partial charge in [0.25, 0.3) is 0 Å². The summed E-state index contributed by atoms with van der Waals surface area (Å²) in [7, 11) is 0. The zero-order chi connectivity index (χ0) is 10.1. The van der Waals surface area contributed by atoms with E-state index in [9.17, 15) is 4.79 Å². The molecule has 1 atom stereocenters. The molecule has 1 unspecified atom stereocenters. The molecule has 0 saturated carbocycles. The summed E-state index contributed by atoms with van der Waals surface area (Å²) in [5.74, 6) is -1.01. The lowest BCUT2D eigenvalue weighted by atomic mass is 10.00. The van der Waals surface area contributed by atoms with Gasteiger partial charge in [-0.05, 0) is 29.5 Å². The Balaban J connectivity index is 2.43. The highest BCUT2D eigenvalue weighted by Crippen LogP contribution is 2.33. The lowest BCUT2D eigenvalue weighted by Crippen LogP contribution is -2.07. The van der Waals surface area contributed by atoms with Gasteiger partial charge in [-0.15, -0.1) is 0 Å². The lowest BCUT2D eigenvalue weighted by Gasteiger charge is -2.05. The lowest BCUT2D eigenvalue weighted by molar-refractivity contribution is -0.138. The predicted molar refractivity (Wildman–Crippen MR) is 55.2 cm³/mol. The molecule has 0 amide bonds. The second kappa shape index (κ2) is 3.29. The normalized spacial score (nSPS) is 19.0. The van der Waals surface area contributed by atoms with Crippen LogP contribution in [0.3, 0.4) is 0 Å². The van der Waals surface area contributed by atoms with E-state index in [1.165, 1.54) is 0 Å². The number of carboxylic acid groups (broad SMARTS) is 1. The Morgan fingerprint density at radius 3 is 3.00 bits per heavy atom. The summed E-state index contributed by atoms with van der Waals surface area (Å²) in [5.41, 5.74) is 3.20. The van der Waals surface area contributed by atoms with Gasteiger partial charge in [-0.2, -0.15) is 0 Å². The smallest absolute Gasteiger partial charge is 0.310 e. The van der Waals surface area contributed by atoms with Gasteiger partial charge in [0, 0.05) is 0 Å². The van der Waals surface area contributed by atoms with E-state index in [1.54, 1.807) is 6.08 Å². The fourth-order valence-electron chi connectivity index (χ4n) is 2.02. The summed E-state index contributed by atoms with van der Waals surface area (Å²) in [4.78, 5) is 10.9. The van der Waals surface area contributed by atoms with Crippen molar-refractivity contribution in [2.75, 3.05) is 0 Å².